The SMILES string of the molecule is CN=C(NCc1ccccc1Cn1cccn1)NC1CCN(CC(F)(F)F)C1. The minimum atomic E-state index is -4.16. The predicted molar refractivity (Wildman–Crippen MR) is 102 cm³/mol. The molecular weight excluding hydrogens is 369 g/mol. The van der Waals surface area contributed by atoms with Gasteiger partial charge in [-0.15, -0.1) is 0 Å². The van der Waals surface area contributed by atoms with E-state index in [2.05, 4.69) is 26.8 Å². The Labute approximate surface area is 162 Å². The molecule has 0 aliphatic carbocycles. The van der Waals surface area contributed by atoms with E-state index in [9.17, 15) is 13.2 Å². The van der Waals surface area contributed by atoms with Crippen LogP contribution in [-0.2, 0) is 13.1 Å². The first kappa shape index (κ1) is 20.2. The molecule has 3 rings (SSSR count). The predicted octanol–water partition coefficient (Wildman–Crippen LogP) is 2.23. The highest BCUT2D eigenvalue weighted by atomic mass is 19.4. The molecular formula is C19H25F3N6. The number of nitrogens with one attached hydrogen (secondary N) is 2. The van der Waals surface area contributed by atoms with E-state index in [1.54, 1.807) is 13.2 Å². The molecule has 0 spiro atoms. The standard InChI is InChI=1S/C19H25F3N6/c1-23-18(26-17-7-10-27(13-17)14-19(20,21)22)24-11-15-5-2-3-6-16(15)12-28-9-4-8-25-28/h2-6,8-9,17H,7,10-14H2,1H3,(H2,23,24,26). The number of benzene rings is 1. The van der Waals surface area contributed by atoms with Crippen LogP contribution in [0, 0.1) is 0 Å². The van der Waals surface area contributed by atoms with Crippen molar-refractivity contribution in [2.75, 3.05) is 26.7 Å². The molecule has 1 aliphatic heterocycles. The molecule has 28 heavy (non-hydrogen) atoms. The maximum absolute atomic E-state index is 12.5. The van der Waals surface area contributed by atoms with Crippen LogP contribution < -0.4 is 10.6 Å². The fraction of sp³-hybridized carbons (Fsp3) is 0.474. The first-order valence-corrected chi connectivity index (χ1v) is 9.23. The lowest BCUT2D eigenvalue weighted by molar-refractivity contribution is -0.143. The normalized spacial score (nSPS) is 18.4. The van der Waals surface area contributed by atoms with E-state index in [0.717, 1.165) is 11.1 Å². The molecule has 6 nitrogen and oxygen atoms in total. The van der Waals surface area contributed by atoms with Crippen molar-refractivity contribution >= 4 is 5.96 Å². The Morgan fingerprint density at radius 1 is 1.25 bits per heavy atom. The van der Waals surface area contributed by atoms with Gasteiger partial charge in [-0.3, -0.25) is 14.6 Å². The number of hydrogen-bond donors (Lipinski definition) is 2. The number of hydrogen-bond acceptors (Lipinski definition) is 3. The van der Waals surface area contributed by atoms with Crippen LogP contribution in [0.2, 0.25) is 0 Å². The van der Waals surface area contributed by atoms with Gasteiger partial charge in [-0.05, 0) is 23.6 Å². The Balaban J connectivity index is 1.53. The van der Waals surface area contributed by atoms with Crippen molar-refractivity contribution in [3.05, 3.63) is 53.9 Å². The monoisotopic (exact) mass is 394 g/mol. The third kappa shape index (κ3) is 5.98. The molecule has 0 saturated carbocycles. The average Bonchev–Trinajstić information content (AvgIpc) is 3.30. The van der Waals surface area contributed by atoms with E-state index < -0.39 is 12.7 Å². The van der Waals surface area contributed by atoms with E-state index in [4.69, 9.17) is 0 Å². The van der Waals surface area contributed by atoms with E-state index in [1.165, 1.54) is 4.90 Å². The number of halogens is 3. The van der Waals surface area contributed by atoms with Gasteiger partial charge in [-0.1, -0.05) is 24.3 Å². The smallest absolute Gasteiger partial charge is 0.352 e. The van der Waals surface area contributed by atoms with Crippen LogP contribution >= 0.6 is 0 Å². The van der Waals surface area contributed by atoms with E-state index in [-0.39, 0.29) is 6.04 Å². The molecule has 2 heterocycles. The lowest BCUT2D eigenvalue weighted by Crippen LogP contribution is -2.45. The Morgan fingerprint density at radius 2 is 2.04 bits per heavy atom. The quantitative estimate of drug-likeness (QED) is 0.583. The molecule has 9 heteroatoms. The third-order valence-electron chi connectivity index (χ3n) is 4.70. The first-order valence-electron chi connectivity index (χ1n) is 9.23. The van der Waals surface area contributed by atoms with Crippen LogP contribution in [0.4, 0.5) is 13.2 Å². The van der Waals surface area contributed by atoms with Crippen molar-refractivity contribution in [2.24, 2.45) is 4.99 Å². The van der Waals surface area contributed by atoms with Crippen LogP contribution in [0.5, 0.6) is 0 Å². The van der Waals surface area contributed by atoms with Crippen LogP contribution in [-0.4, -0.2) is 59.5 Å². The van der Waals surface area contributed by atoms with Crippen molar-refractivity contribution in [1.29, 1.82) is 0 Å². The molecule has 152 valence electrons. The second kappa shape index (κ2) is 9.09. The molecule has 1 fully saturated rings. The van der Waals surface area contributed by atoms with Crippen molar-refractivity contribution < 1.29 is 13.2 Å². The summed E-state index contributed by atoms with van der Waals surface area (Å²) in [7, 11) is 1.66. The average molecular weight is 394 g/mol. The van der Waals surface area contributed by atoms with Crippen molar-refractivity contribution in [3.63, 3.8) is 0 Å². The summed E-state index contributed by atoms with van der Waals surface area (Å²) in [4.78, 5) is 5.63. The van der Waals surface area contributed by atoms with Gasteiger partial charge in [0.15, 0.2) is 5.96 Å². The van der Waals surface area contributed by atoms with Gasteiger partial charge >= 0.3 is 6.18 Å². The first-order chi connectivity index (χ1) is 13.4. The molecule has 1 unspecified atom stereocenters. The zero-order valence-electron chi connectivity index (χ0n) is 15.8. The van der Waals surface area contributed by atoms with Gasteiger partial charge in [-0.25, -0.2) is 0 Å². The fourth-order valence-corrected chi connectivity index (χ4v) is 3.37. The van der Waals surface area contributed by atoms with Crippen molar-refractivity contribution in [1.82, 2.24) is 25.3 Å². The van der Waals surface area contributed by atoms with Gasteiger partial charge < -0.3 is 10.6 Å². The Bertz CT molecular complexity index is 772. The zero-order valence-corrected chi connectivity index (χ0v) is 15.8. The highest BCUT2D eigenvalue weighted by Gasteiger charge is 2.34. The number of aliphatic imine (C=N–C) groups is 1. The zero-order chi connectivity index (χ0) is 20.0. The molecule has 1 atom stereocenters. The molecule has 1 saturated heterocycles. The Kier molecular flexibility index (Phi) is 6.56. The van der Waals surface area contributed by atoms with Gasteiger partial charge in [-0.2, -0.15) is 18.3 Å². The summed E-state index contributed by atoms with van der Waals surface area (Å²) in [5, 5.41) is 10.7. The molecule has 2 aromatic rings. The molecule has 1 aromatic carbocycles. The Morgan fingerprint density at radius 3 is 2.71 bits per heavy atom. The molecule has 0 amide bonds. The van der Waals surface area contributed by atoms with Crippen LogP contribution in [0.25, 0.3) is 0 Å². The van der Waals surface area contributed by atoms with E-state index >= 15 is 0 Å². The summed E-state index contributed by atoms with van der Waals surface area (Å²) >= 11 is 0. The molecule has 0 radical (unpaired) electrons. The van der Waals surface area contributed by atoms with Gasteiger partial charge in [0.1, 0.15) is 0 Å². The van der Waals surface area contributed by atoms with Gasteiger partial charge in [0.2, 0.25) is 0 Å². The maximum atomic E-state index is 12.5. The number of aromatic nitrogens is 2. The number of likely N-dealkylation sites (tertiary alicyclic amines) is 1. The van der Waals surface area contributed by atoms with Gasteiger partial charge in [0.25, 0.3) is 0 Å². The molecule has 2 N–H and O–H groups in total. The minimum absolute atomic E-state index is 0.0483. The number of guanidine groups is 1. The summed E-state index contributed by atoms with van der Waals surface area (Å²) < 4.78 is 39.5. The Hall–Kier alpha value is -2.55. The lowest BCUT2D eigenvalue weighted by Gasteiger charge is -2.20. The summed E-state index contributed by atoms with van der Waals surface area (Å²) in [6, 6.07) is 9.90. The highest BCUT2D eigenvalue weighted by molar-refractivity contribution is 5.80. The fourth-order valence-electron chi connectivity index (χ4n) is 3.37. The third-order valence-corrected chi connectivity index (χ3v) is 4.70. The van der Waals surface area contributed by atoms with Crippen LogP contribution in [0.1, 0.15) is 17.5 Å². The molecule has 0 bridgehead atoms. The van der Waals surface area contributed by atoms with E-state index in [0.29, 0.717) is 38.6 Å². The maximum Gasteiger partial charge on any atom is 0.401 e. The number of alkyl halides is 3. The topological polar surface area (TPSA) is 57.5 Å². The van der Waals surface area contributed by atoms with Crippen molar-refractivity contribution in [2.45, 2.75) is 31.7 Å². The molecule has 1 aromatic heterocycles. The lowest BCUT2D eigenvalue weighted by atomic mass is 10.1. The van der Waals surface area contributed by atoms with Crippen molar-refractivity contribution in [3.8, 4) is 0 Å². The largest absolute Gasteiger partial charge is 0.401 e. The summed E-state index contributed by atoms with van der Waals surface area (Å²) in [6.45, 7) is 1.16. The molecule has 1 aliphatic rings. The number of nitrogens with zero attached hydrogens (tertiary/aromatic N) is 4. The number of rotatable bonds is 6. The summed E-state index contributed by atoms with van der Waals surface area (Å²) in [5.74, 6) is 0.591. The second-order valence-corrected chi connectivity index (χ2v) is 6.88. The van der Waals surface area contributed by atoms with Gasteiger partial charge in [0, 0.05) is 45.1 Å². The summed E-state index contributed by atoms with van der Waals surface area (Å²) in [6.07, 6.45) is 0.160. The summed E-state index contributed by atoms with van der Waals surface area (Å²) in [5.41, 5.74) is 2.26. The van der Waals surface area contributed by atoms with Gasteiger partial charge in [0.05, 0.1) is 13.1 Å². The van der Waals surface area contributed by atoms with Crippen LogP contribution in [0.3, 0.4) is 0 Å². The second-order valence-electron chi connectivity index (χ2n) is 6.88. The van der Waals surface area contributed by atoms with E-state index in [1.807, 2.05) is 35.1 Å². The minimum Gasteiger partial charge on any atom is -0.352 e. The highest BCUT2D eigenvalue weighted by Crippen LogP contribution is 2.20. The van der Waals surface area contributed by atoms with Crippen LogP contribution in [0.15, 0.2) is 47.7 Å².